The van der Waals surface area contributed by atoms with Crippen molar-refractivity contribution in [2.75, 3.05) is 23.8 Å². The van der Waals surface area contributed by atoms with E-state index < -0.39 is 0 Å². The van der Waals surface area contributed by atoms with E-state index in [1.807, 2.05) is 70.2 Å². The maximum absolute atomic E-state index is 11.7. The fraction of sp³-hybridized carbons (Fsp3) is 0.364. The lowest BCUT2D eigenvalue weighted by Crippen LogP contribution is -2.23. The summed E-state index contributed by atoms with van der Waals surface area (Å²) < 4.78 is 11.2. The highest BCUT2D eigenvalue weighted by atomic mass is 16.5. The third-order valence-corrected chi connectivity index (χ3v) is 4.00. The number of hydrogen-bond donors (Lipinski definition) is 3. The minimum atomic E-state index is -0.0621. The molecule has 2 aromatic rings. The van der Waals surface area contributed by atoms with Gasteiger partial charge in [0.1, 0.15) is 11.5 Å². The van der Waals surface area contributed by atoms with Crippen molar-refractivity contribution in [3.8, 4) is 11.5 Å². The van der Waals surface area contributed by atoms with Crippen LogP contribution in [0.4, 0.5) is 11.4 Å². The molecule has 7 nitrogen and oxygen atoms in total. The Balaban J connectivity index is 2.03. The van der Waals surface area contributed by atoms with Gasteiger partial charge in [-0.25, -0.2) is 4.99 Å². The van der Waals surface area contributed by atoms with Crippen molar-refractivity contribution in [2.24, 2.45) is 16.6 Å². The second-order valence-electron chi connectivity index (χ2n) is 6.69. The zero-order valence-corrected chi connectivity index (χ0v) is 17.5. The van der Waals surface area contributed by atoms with E-state index in [1.54, 1.807) is 0 Å². The molecule has 0 aliphatic carbocycles. The molecule has 0 saturated heterocycles. The Morgan fingerprint density at radius 1 is 1.03 bits per heavy atom. The second kappa shape index (κ2) is 10.9. The number of rotatable bonds is 9. The Hall–Kier alpha value is -3.22. The molecule has 0 aromatic heterocycles. The SMILES string of the molecule is CCOc1ccc(OCC)c(NC(N)=NCc2ccc(NC(=O)C(C)C)cc2)c1. The number of nitrogens with two attached hydrogens (primary N) is 1. The smallest absolute Gasteiger partial charge is 0.226 e. The van der Waals surface area contributed by atoms with E-state index in [0.717, 1.165) is 17.0 Å². The molecule has 0 unspecified atom stereocenters. The fourth-order valence-electron chi connectivity index (χ4n) is 2.48. The topological polar surface area (TPSA) is 98.0 Å². The molecular weight excluding hydrogens is 368 g/mol. The first kappa shape index (κ1) is 22.1. The summed E-state index contributed by atoms with van der Waals surface area (Å²) >= 11 is 0. The number of benzene rings is 2. The molecule has 4 N–H and O–H groups in total. The standard InChI is InChI=1S/C22H30N4O3/c1-5-28-18-11-12-20(29-6-2)19(13-18)26-22(23)24-14-16-7-9-17(10-8-16)25-21(27)15(3)4/h7-13,15H,5-6,14H2,1-4H3,(H,25,27)(H3,23,24,26). The molecule has 0 aliphatic heterocycles. The molecule has 2 rings (SSSR count). The molecule has 29 heavy (non-hydrogen) atoms. The summed E-state index contributed by atoms with van der Waals surface area (Å²) in [4.78, 5) is 16.1. The summed E-state index contributed by atoms with van der Waals surface area (Å²) in [5.74, 6) is 1.61. The first-order valence-corrected chi connectivity index (χ1v) is 9.79. The van der Waals surface area contributed by atoms with Crippen LogP contribution < -0.4 is 25.8 Å². The minimum Gasteiger partial charge on any atom is -0.494 e. The summed E-state index contributed by atoms with van der Waals surface area (Å²) in [7, 11) is 0. The lowest BCUT2D eigenvalue weighted by Gasteiger charge is -2.14. The van der Waals surface area contributed by atoms with Gasteiger partial charge in [0.25, 0.3) is 0 Å². The molecule has 0 bridgehead atoms. The van der Waals surface area contributed by atoms with Gasteiger partial charge in [-0.05, 0) is 43.7 Å². The Kier molecular flexibility index (Phi) is 8.33. The highest BCUT2D eigenvalue weighted by molar-refractivity contribution is 5.94. The molecule has 2 aromatic carbocycles. The van der Waals surface area contributed by atoms with Crippen molar-refractivity contribution < 1.29 is 14.3 Å². The van der Waals surface area contributed by atoms with Crippen molar-refractivity contribution >= 4 is 23.2 Å². The quantitative estimate of drug-likeness (QED) is 0.438. The van der Waals surface area contributed by atoms with E-state index in [-0.39, 0.29) is 17.8 Å². The van der Waals surface area contributed by atoms with Crippen LogP contribution in [-0.4, -0.2) is 25.1 Å². The lowest BCUT2D eigenvalue weighted by atomic mass is 10.2. The lowest BCUT2D eigenvalue weighted by molar-refractivity contribution is -0.118. The van der Waals surface area contributed by atoms with E-state index in [0.29, 0.717) is 31.2 Å². The van der Waals surface area contributed by atoms with Gasteiger partial charge in [0.15, 0.2) is 5.96 Å². The molecule has 1 amide bonds. The van der Waals surface area contributed by atoms with Crippen LogP contribution in [0, 0.1) is 5.92 Å². The van der Waals surface area contributed by atoms with Crippen molar-refractivity contribution in [1.82, 2.24) is 0 Å². The van der Waals surface area contributed by atoms with Gasteiger partial charge in [-0.2, -0.15) is 0 Å². The zero-order chi connectivity index (χ0) is 21.2. The van der Waals surface area contributed by atoms with Gasteiger partial charge in [-0.3, -0.25) is 4.79 Å². The minimum absolute atomic E-state index is 0.0106. The number of hydrogen-bond acceptors (Lipinski definition) is 4. The summed E-state index contributed by atoms with van der Waals surface area (Å²) in [6.07, 6.45) is 0. The summed E-state index contributed by atoms with van der Waals surface area (Å²) in [5, 5.41) is 5.94. The maximum atomic E-state index is 11.7. The number of ether oxygens (including phenoxy) is 2. The molecule has 0 saturated carbocycles. The third-order valence-electron chi connectivity index (χ3n) is 4.00. The number of aliphatic imine (C=N–C) groups is 1. The van der Waals surface area contributed by atoms with E-state index >= 15 is 0 Å². The highest BCUT2D eigenvalue weighted by Crippen LogP contribution is 2.29. The largest absolute Gasteiger partial charge is 0.494 e. The zero-order valence-electron chi connectivity index (χ0n) is 17.5. The molecule has 0 atom stereocenters. The van der Waals surface area contributed by atoms with Crippen molar-refractivity contribution in [1.29, 1.82) is 0 Å². The summed E-state index contributed by atoms with van der Waals surface area (Å²) in [6.45, 7) is 9.09. The molecule has 0 aliphatic rings. The van der Waals surface area contributed by atoms with Crippen molar-refractivity contribution in [3.63, 3.8) is 0 Å². The fourth-order valence-corrected chi connectivity index (χ4v) is 2.48. The summed E-state index contributed by atoms with van der Waals surface area (Å²) in [6, 6.07) is 13.1. The first-order chi connectivity index (χ1) is 13.9. The molecule has 156 valence electrons. The number of nitrogens with zero attached hydrogens (tertiary/aromatic N) is 1. The molecule has 0 spiro atoms. The van der Waals surface area contributed by atoms with Gasteiger partial charge in [-0.1, -0.05) is 26.0 Å². The van der Waals surface area contributed by atoms with E-state index in [2.05, 4.69) is 15.6 Å². The van der Waals surface area contributed by atoms with Crippen molar-refractivity contribution in [3.05, 3.63) is 48.0 Å². The first-order valence-electron chi connectivity index (χ1n) is 9.79. The Morgan fingerprint density at radius 2 is 1.72 bits per heavy atom. The average Bonchev–Trinajstić information content (AvgIpc) is 2.69. The molecule has 7 heteroatoms. The molecule has 0 heterocycles. The van der Waals surface area contributed by atoms with Gasteiger partial charge in [0.05, 0.1) is 25.4 Å². The van der Waals surface area contributed by atoms with Gasteiger partial charge in [-0.15, -0.1) is 0 Å². The maximum Gasteiger partial charge on any atom is 0.226 e. The van der Waals surface area contributed by atoms with Crippen LogP contribution in [0.1, 0.15) is 33.3 Å². The van der Waals surface area contributed by atoms with Gasteiger partial charge < -0.3 is 25.8 Å². The number of carbonyl (C=O) groups excluding carboxylic acids is 1. The van der Waals surface area contributed by atoms with Crippen LogP contribution in [0.3, 0.4) is 0 Å². The van der Waals surface area contributed by atoms with Crippen LogP contribution in [0.25, 0.3) is 0 Å². The molecule has 0 fully saturated rings. The normalized spacial score (nSPS) is 11.3. The number of carbonyl (C=O) groups is 1. The third kappa shape index (κ3) is 7.03. The molecular formula is C22H30N4O3. The second-order valence-corrected chi connectivity index (χ2v) is 6.69. The Bertz CT molecular complexity index is 832. The van der Waals surface area contributed by atoms with Gasteiger partial charge in [0.2, 0.25) is 5.91 Å². The highest BCUT2D eigenvalue weighted by Gasteiger charge is 2.08. The van der Waals surface area contributed by atoms with E-state index in [4.69, 9.17) is 15.2 Å². The number of anilines is 2. The van der Waals surface area contributed by atoms with Gasteiger partial charge >= 0.3 is 0 Å². The number of guanidine groups is 1. The Morgan fingerprint density at radius 3 is 2.34 bits per heavy atom. The Labute approximate surface area is 172 Å². The van der Waals surface area contributed by atoms with Crippen LogP contribution in [-0.2, 0) is 11.3 Å². The monoisotopic (exact) mass is 398 g/mol. The van der Waals surface area contributed by atoms with E-state index in [9.17, 15) is 4.79 Å². The molecule has 0 radical (unpaired) electrons. The van der Waals surface area contributed by atoms with Crippen LogP contribution in [0.2, 0.25) is 0 Å². The van der Waals surface area contributed by atoms with Gasteiger partial charge in [0, 0.05) is 17.7 Å². The average molecular weight is 399 g/mol. The summed E-state index contributed by atoms with van der Waals surface area (Å²) in [5.41, 5.74) is 8.50. The predicted molar refractivity (Wildman–Crippen MR) is 118 cm³/mol. The van der Waals surface area contributed by atoms with Crippen LogP contribution in [0.5, 0.6) is 11.5 Å². The van der Waals surface area contributed by atoms with E-state index in [1.165, 1.54) is 0 Å². The van der Waals surface area contributed by atoms with Crippen LogP contribution >= 0.6 is 0 Å². The van der Waals surface area contributed by atoms with Crippen molar-refractivity contribution in [2.45, 2.75) is 34.2 Å². The number of amides is 1. The van der Waals surface area contributed by atoms with Crippen LogP contribution in [0.15, 0.2) is 47.5 Å². The predicted octanol–water partition coefficient (Wildman–Crippen LogP) is 4.01. The number of nitrogens with one attached hydrogen (secondary N) is 2.